The highest BCUT2D eigenvalue weighted by Gasteiger charge is 2.44. The number of fused-ring (bicyclic) bond motifs is 1. The van der Waals surface area contributed by atoms with Crippen molar-refractivity contribution in [2.45, 2.75) is 69.2 Å². The smallest absolute Gasteiger partial charge is 0.330 e. The molecule has 0 amide bonds. The summed E-state index contributed by atoms with van der Waals surface area (Å²) in [6.07, 6.45) is -0.0259. The number of benzene rings is 1. The molecule has 30 heavy (non-hydrogen) atoms. The molecule has 0 radical (unpaired) electrons. The van der Waals surface area contributed by atoms with Crippen LogP contribution in [-0.2, 0) is 18.1 Å². The normalized spacial score (nSPS) is 27.8. The molecule has 0 bridgehead atoms. The molecule has 2 aromatic rings. The monoisotopic (exact) mass is 441 g/mol. The molecule has 5 nitrogen and oxygen atoms in total. The van der Waals surface area contributed by atoms with Gasteiger partial charge in [-0.15, -0.1) is 10.2 Å². The predicted molar refractivity (Wildman–Crippen MR) is 109 cm³/mol. The number of rotatable bonds is 4. The van der Waals surface area contributed by atoms with Crippen LogP contribution < -0.4 is 5.73 Å². The number of halogens is 4. The Bertz CT molecular complexity index is 889. The summed E-state index contributed by atoms with van der Waals surface area (Å²) in [6, 6.07) is 8.08. The minimum Gasteiger partial charge on any atom is -0.330 e. The Morgan fingerprint density at radius 3 is 2.53 bits per heavy atom. The standard InChI is InChI=1S/C21H27ClF3N5/c1-2-17-18-27-28-19(21(23,24)25)30(18)11-10-29(17)16-6-8-20(13-26,9-7-16)14-4-3-5-15(22)12-14/h3-5,12,16-17H,2,6-11,13,26H2,1H3/t16-,17?,20-. The first kappa shape index (κ1) is 21.6. The summed E-state index contributed by atoms with van der Waals surface area (Å²) in [4.78, 5) is 2.34. The van der Waals surface area contributed by atoms with Crippen LogP contribution in [0.5, 0.6) is 0 Å². The SMILES string of the molecule is CCC1c2nnc(C(F)(F)F)n2CCN1[C@H]1CC[C@](CN)(c2cccc(Cl)c2)CC1. The zero-order valence-corrected chi connectivity index (χ0v) is 17.8. The average molecular weight is 442 g/mol. The van der Waals surface area contributed by atoms with Gasteiger partial charge in [0.05, 0.1) is 6.04 Å². The lowest BCUT2D eigenvalue weighted by Gasteiger charge is -2.47. The number of hydrogen-bond acceptors (Lipinski definition) is 4. The van der Waals surface area contributed by atoms with E-state index in [0.717, 1.165) is 25.7 Å². The summed E-state index contributed by atoms with van der Waals surface area (Å²) in [5, 5.41) is 8.11. The lowest BCUT2D eigenvalue weighted by atomic mass is 9.68. The zero-order chi connectivity index (χ0) is 21.5. The van der Waals surface area contributed by atoms with Gasteiger partial charge in [0, 0.05) is 36.1 Å². The number of aromatic nitrogens is 3. The van der Waals surface area contributed by atoms with Crippen LogP contribution in [0.3, 0.4) is 0 Å². The van der Waals surface area contributed by atoms with Crippen LogP contribution >= 0.6 is 11.6 Å². The maximum atomic E-state index is 13.2. The largest absolute Gasteiger partial charge is 0.451 e. The Labute approximate surface area is 179 Å². The minimum atomic E-state index is -4.48. The van der Waals surface area contributed by atoms with E-state index in [1.807, 2.05) is 25.1 Å². The van der Waals surface area contributed by atoms with E-state index in [2.05, 4.69) is 21.2 Å². The molecule has 164 valence electrons. The summed E-state index contributed by atoms with van der Waals surface area (Å²) in [7, 11) is 0. The van der Waals surface area contributed by atoms with Crippen LogP contribution in [0.25, 0.3) is 0 Å². The van der Waals surface area contributed by atoms with Crippen LogP contribution in [0, 0.1) is 0 Å². The molecule has 1 aliphatic heterocycles. The van der Waals surface area contributed by atoms with Crippen molar-refractivity contribution in [3.63, 3.8) is 0 Å². The first-order chi connectivity index (χ1) is 14.3. The first-order valence-corrected chi connectivity index (χ1v) is 10.9. The van der Waals surface area contributed by atoms with Gasteiger partial charge in [-0.05, 0) is 49.8 Å². The highest BCUT2D eigenvalue weighted by molar-refractivity contribution is 6.30. The second kappa shape index (κ2) is 8.13. The lowest BCUT2D eigenvalue weighted by Crippen LogP contribution is -2.49. The van der Waals surface area contributed by atoms with Gasteiger partial charge in [-0.1, -0.05) is 30.7 Å². The number of hydrogen-bond donors (Lipinski definition) is 1. The van der Waals surface area contributed by atoms with Crippen molar-refractivity contribution in [2.24, 2.45) is 5.73 Å². The van der Waals surface area contributed by atoms with E-state index in [-0.39, 0.29) is 18.0 Å². The molecule has 9 heteroatoms. The summed E-state index contributed by atoms with van der Waals surface area (Å²) in [6.45, 7) is 3.39. The van der Waals surface area contributed by atoms with Gasteiger partial charge in [0.1, 0.15) is 0 Å². The second-order valence-electron chi connectivity index (χ2n) is 8.42. The summed E-state index contributed by atoms with van der Waals surface area (Å²) >= 11 is 6.21. The molecular formula is C21H27ClF3N5. The average Bonchev–Trinajstić information content (AvgIpc) is 3.18. The second-order valence-corrected chi connectivity index (χ2v) is 8.86. The molecule has 2 aliphatic rings. The highest BCUT2D eigenvalue weighted by atomic mass is 35.5. The van der Waals surface area contributed by atoms with E-state index < -0.39 is 12.0 Å². The Morgan fingerprint density at radius 2 is 1.93 bits per heavy atom. The Morgan fingerprint density at radius 1 is 1.20 bits per heavy atom. The van der Waals surface area contributed by atoms with Crippen molar-refractivity contribution in [2.75, 3.05) is 13.1 Å². The van der Waals surface area contributed by atoms with Crippen LogP contribution in [0.2, 0.25) is 5.02 Å². The molecule has 1 aliphatic carbocycles. The Hall–Kier alpha value is -1.64. The van der Waals surface area contributed by atoms with Crippen LogP contribution in [0.1, 0.15) is 62.3 Å². The van der Waals surface area contributed by atoms with Gasteiger partial charge in [-0.25, -0.2) is 0 Å². The van der Waals surface area contributed by atoms with Crippen molar-refractivity contribution in [1.29, 1.82) is 0 Å². The number of alkyl halides is 3. The van der Waals surface area contributed by atoms with Gasteiger partial charge in [0.2, 0.25) is 5.82 Å². The zero-order valence-electron chi connectivity index (χ0n) is 17.0. The van der Waals surface area contributed by atoms with Gasteiger partial charge >= 0.3 is 6.18 Å². The lowest BCUT2D eigenvalue weighted by molar-refractivity contribution is -0.148. The first-order valence-electron chi connectivity index (χ1n) is 10.5. The highest BCUT2D eigenvalue weighted by Crippen LogP contribution is 2.43. The third-order valence-corrected chi connectivity index (χ3v) is 7.14. The topological polar surface area (TPSA) is 60.0 Å². The van der Waals surface area contributed by atoms with Crippen molar-refractivity contribution < 1.29 is 13.2 Å². The molecule has 1 aromatic heterocycles. The van der Waals surface area contributed by atoms with E-state index in [4.69, 9.17) is 17.3 Å². The molecule has 4 rings (SSSR count). The fraction of sp³-hybridized carbons (Fsp3) is 0.619. The molecule has 2 heterocycles. The molecule has 1 saturated carbocycles. The maximum Gasteiger partial charge on any atom is 0.451 e. The van der Waals surface area contributed by atoms with Gasteiger partial charge in [0.25, 0.3) is 0 Å². The van der Waals surface area contributed by atoms with Crippen molar-refractivity contribution in [1.82, 2.24) is 19.7 Å². The fourth-order valence-electron chi connectivity index (χ4n) is 5.28. The molecule has 0 spiro atoms. The van der Waals surface area contributed by atoms with Crippen molar-refractivity contribution in [3.05, 3.63) is 46.5 Å². The van der Waals surface area contributed by atoms with E-state index in [0.29, 0.717) is 36.4 Å². The predicted octanol–water partition coefficient (Wildman–Crippen LogP) is 4.56. The van der Waals surface area contributed by atoms with Gasteiger partial charge in [-0.2, -0.15) is 13.2 Å². The third kappa shape index (κ3) is 3.74. The van der Waals surface area contributed by atoms with Gasteiger partial charge in [-0.3, -0.25) is 4.90 Å². The van der Waals surface area contributed by atoms with Crippen molar-refractivity contribution in [3.8, 4) is 0 Å². The van der Waals surface area contributed by atoms with E-state index in [9.17, 15) is 13.2 Å². The molecule has 1 unspecified atom stereocenters. The summed E-state index contributed by atoms with van der Waals surface area (Å²) in [5.41, 5.74) is 7.30. The Kier molecular flexibility index (Phi) is 5.85. The number of nitrogens with zero attached hydrogens (tertiary/aromatic N) is 4. The molecule has 2 N–H and O–H groups in total. The fourth-order valence-corrected chi connectivity index (χ4v) is 5.47. The van der Waals surface area contributed by atoms with E-state index in [1.54, 1.807) is 0 Å². The quantitative estimate of drug-likeness (QED) is 0.755. The van der Waals surface area contributed by atoms with Crippen LogP contribution in [-0.4, -0.2) is 38.8 Å². The van der Waals surface area contributed by atoms with Crippen LogP contribution in [0.4, 0.5) is 13.2 Å². The minimum absolute atomic E-state index is 0.0949. The van der Waals surface area contributed by atoms with Gasteiger partial charge < -0.3 is 10.3 Å². The number of nitrogens with two attached hydrogens (primary N) is 1. The summed E-state index contributed by atoms with van der Waals surface area (Å²) in [5.74, 6) is -0.455. The Balaban J connectivity index is 1.53. The molecule has 0 saturated heterocycles. The van der Waals surface area contributed by atoms with E-state index in [1.165, 1.54) is 10.1 Å². The molecule has 1 atom stereocenters. The van der Waals surface area contributed by atoms with Gasteiger partial charge in [0.15, 0.2) is 5.82 Å². The third-order valence-electron chi connectivity index (χ3n) is 6.91. The summed E-state index contributed by atoms with van der Waals surface area (Å²) < 4.78 is 41.0. The van der Waals surface area contributed by atoms with E-state index >= 15 is 0 Å². The van der Waals surface area contributed by atoms with Crippen molar-refractivity contribution >= 4 is 11.6 Å². The maximum absolute atomic E-state index is 13.2. The van der Waals surface area contributed by atoms with Crippen LogP contribution in [0.15, 0.2) is 24.3 Å². The molecule has 1 fully saturated rings. The molecular weight excluding hydrogens is 415 g/mol. The molecule has 1 aromatic carbocycles.